The molecular weight excluding hydrogens is 314 g/mol. The van der Waals surface area contributed by atoms with E-state index in [1.165, 1.54) is 6.33 Å². The molecular formula is C16H22ClN5O. The van der Waals surface area contributed by atoms with Gasteiger partial charge < -0.3 is 10.2 Å². The number of halogens is 1. The van der Waals surface area contributed by atoms with Crippen LogP contribution in [0.1, 0.15) is 22.3 Å². The SMILES string of the molecule is CNCC1CCN(C(=O)c2ccc(-n3cncn3)cc2C)C1.Cl. The lowest BCUT2D eigenvalue weighted by molar-refractivity contribution is 0.0786. The fourth-order valence-electron chi connectivity index (χ4n) is 3.01. The number of nitrogens with zero attached hydrogens (tertiary/aromatic N) is 4. The highest BCUT2D eigenvalue weighted by Crippen LogP contribution is 2.21. The number of carbonyl (C=O) groups excluding carboxylic acids is 1. The molecule has 1 atom stereocenters. The van der Waals surface area contributed by atoms with Gasteiger partial charge in [0, 0.05) is 18.7 Å². The monoisotopic (exact) mass is 335 g/mol. The molecule has 2 aromatic rings. The van der Waals surface area contributed by atoms with Crippen molar-refractivity contribution in [2.45, 2.75) is 13.3 Å². The van der Waals surface area contributed by atoms with Gasteiger partial charge in [0.15, 0.2) is 0 Å². The number of nitrogens with one attached hydrogen (secondary N) is 1. The highest BCUT2D eigenvalue weighted by atomic mass is 35.5. The first kappa shape index (κ1) is 17.4. The van der Waals surface area contributed by atoms with E-state index in [-0.39, 0.29) is 18.3 Å². The van der Waals surface area contributed by atoms with Crippen molar-refractivity contribution in [2.75, 3.05) is 26.7 Å². The topological polar surface area (TPSA) is 63.1 Å². The lowest BCUT2D eigenvalue weighted by Gasteiger charge is -2.18. The van der Waals surface area contributed by atoms with Crippen molar-refractivity contribution in [1.82, 2.24) is 25.0 Å². The van der Waals surface area contributed by atoms with E-state index in [4.69, 9.17) is 0 Å². The summed E-state index contributed by atoms with van der Waals surface area (Å²) in [6, 6.07) is 5.78. The molecule has 0 spiro atoms. The van der Waals surface area contributed by atoms with E-state index in [9.17, 15) is 4.79 Å². The minimum absolute atomic E-state index is 0. The quantitative estimate of drug-likeness (QED) is 0.923. The smallest absolute Gasteiger partial charge is 0.254 e. The third kappa shape index (κ3) is 3.71. The fourth-order valence-corrected chi connectivity index (χ4v) is 3.01. The van der Waals surface area contributed by atoms with E-state index in [0.717, 1.165) is 42.9 Å². The van der Waals surface area contributed by atoms with Crippen LogP contribution in [0.5, 0.6) is 0 Å². The molecule has 3 rings (SSSR count). The van der Waals surface area contributed by atoms with Gasteiger partial charge in [-0.2, -0.15) is 5.10 Å². The van der Waals surface area contributed by atoms with E-state index >= 15 is 0 Å². The molecule has 1 fully saturated rings. The molecule has 1 N–H and O–H groups in total. The Morgan fingerprint density at radius 2 is 2.26 bits per heavy atom. The predicted octanol–water partition coefficient (Wildman–Crippen LogP) is 1.68. The number of aromatic nitrogens is 3. The predicted molar refractivity (Wildman–Crippen MR) is 91.3 cm³/mol. The first-order chi connectivity index (χ1) is 10.7. The van der Waals surface area contributed by atoms with E-state index in [1.807, 2.05) is 37.1 Å². The second-order valence-corrected chi connectivity index (χ2v) is 5.80. The Morgan fingerprint density at radius 1 is 1.43 bits per heavy atom. The second-order valence-electron chi connectivity index (χ2n) is 5.80. The van der Waals surface area contributed by atoms with Crippen LogP contribution in [0, 0.1) is 12.8 Å². The summed E-state index contributed by atoms with van der Waals surface area (Å²) in [6.45, 7) is 4.61. The Kier molecular flexibility index (Phi) is 5.74. The third-order valence-corrected chi connectivity index (χ3v) is 4.19. The van der Waals surface area contributed by atoms with Crippen molar-refractivity contribution in [3.8, 4) is 5.69 Å². The molecule has 1 aromatic heterocycles. The van der Waals surface area contributed by atoms with Gasteiger partial charge in [-0.25, -0.2) is 9.67 Å². The molecule has 1 saturated heterocycles. The summed E-state index contributed by atoms with van der Waals surface area (Å²) in [6.07, 6.45) is 4.22. The average Bonchev–Trinajstić information content (AvgIpc) is 3.18. The summed E-state index contributed by atoms with van der Waals surface area (Å²) in [5.41, 5.74) is 2.66. The number of hydrogen-bond acceptors (Lipinski definition) is 4. The summed E-state index contributed by atoms with van der Waals surface area (Å²) in [5, 5.41) is 7.30. The molecule has 1 unspecified atom stereocenters. The molecule has 0 saturated carbocycles. The summed E-state index contributed by atoms with van der Waals surface area (Å²) in [4.78, 5) is 18.6. The first-order valence-electron chi connectivity index (χ1n) is 7.58. The Labute approximate surface area is 142 Å². The van der Waals surface area contributed by atoms with Gasteiger partial charge in [0.05, 0.1) is 5.69 Å². The van der Waals surface area contributed by atoms with Crippen LogP contribution < -0.4 is 5.32 Å². The van der Waals surface area contributed by atoms with E-state index in [1.54, 1.807) is 11.0 Å². The summed E-state index contributed by atoms with van der Waals surface area (Å²) < 4.78 is 1.69. The standard InChI is InChI=1S/C16H21N5O.ClH/c1-12-7-14(21-11-18-10-19-21)3-4-15(12)16(22)20-6-5-13(9-20)8-17-2;/h3-4,7,10-11,13,17H,5-6,8-9H2,1-2H3;1H. The van der Waals surface area contributed by atoms with Gasteiger partial charge in [-0.1, -0.05) is 0 Å². The third-order valence-electron chi connectivity index (χ3n) is 4.19. The van der Waals surface area contributed by atoms with Crippen LogP contribution in [0.2, 0.25) is 0 Å². The maximum atomic E-state index is 12.7. The zero-order chi connectivity index (χ0) is 15.5. The van der Waals surface area contributed by atoms with Crippen LogP contribution in [-0.2, 0) is 0 Å². The van der Waals surface area contributed by atoms with Crippen LogP contribution in [0.25, 0.3) is 5.69 Å². The van der Waals surface area contributed by atoms with Crippen molar-refractivity contribution >= 4 is 18.3 Å². The number of carbonyl (C=O) groups is 1. The zero-order valence-corrected chi connectivity index (χ0v) is 14.2. The Hall–Kier alpha value is -1.92. The molecule has 0 aliphatic carbocycles. The number of benzene rings is 1. The molecule has 2 heterocycles. The Morgan fingerprint density at radius 3 is 2.91 bits per heavy atom. The molecule has 0 bridgehead atoms. The molecule has 1 aliphatic rings. The lowest BCUT2D eigenvalue weighted by atomic mass is 10.1. The van der Waals surface area contributed by atoms with Gasteiger partial charge >= 0.3 is 0 Å². The van der Waals surface area contributed by atoms with Gasteiger partial charge in [0.25, 0.3) is 5.91 Å². The lowest BCUT2D eigenvalue weighted by Crippen LogP contribution is -2.30. The molecule has 6 nitrogen and oxygen atoms in total. The number of likely N-dealkylation sites (tertiary alicyclic amines) is 1. The molecule has 0 radical (unpaired) electrons. The largest absolute Gasteiger partial charge is 0.338 e. The number of hydrogen-bond donors (Lipinski definition) is 1. The van der Waals surface area contributed by atoms with Crippen LogP contribution in [-0.4, -0.2) is 52.3 Å². The minimum atomic E-state index is 0. The highest BCUT2D eigenvalue weighted by Gasteiger charge is 2.27. The van der Waals surface area contributed by atoms with Gasteiger partial charge in [-0.3, -0.25) is 4.79 Å². The molecule has 1 aromatic carbocycles. The maximum absolute atomic E-state index is 12.7. The van der Waals surface area contributed by atoms with Gasteiger partial charge in [-0.05, 0) is 56.6 Å². The van der Waals surface area contributed by atoms with E-state index in [2.05, 4.69) is 15.4 Å². The Bertz CT molecular complexity index is 658. The highest BCUT2D eigenvalue weighted by molar-refractivity contribution is 5.96. The van der Waals surface area contributed by atoms with Crippen molar-refractivity contribution in [2.24, 2.45) is 5.92 Å². The molecule has 7 heteroatoms. The normalized spacial score (nSPS) is 17.1. The summed E-state index contributed by atoms with van der Waals surface area (Å²) in [7, 11) is 1.96. The second kappa shape index (κ2) is 7.57. The minimum Gasteiger partial charge on any atom is -0.338 e. The van der Waals surface area contributed by atoms with Crippen molar-refractivity contribution in [3.63, 3.8) is 0 Å². The molecule has 124 valence electrons. The molecule has 23 heavy (non-hydrogen) atoms. The van der Waals surface area contributed by atoms with Crippen molar-refractivity contribution in [1.29, 1.82) is 0 Å². The first-order valence-corrected chi connectivity index (χ1v) is 7.58. The van der Waals surface area contributed by atoms with Crippen molar-refractivity contribution < 1.29 is 4.79 Å². The summed E-state index contributed by atoms with van der Waals surface area (Å²) in [5.74, 6) is 0.685. The van der Waals surface area contributed by atoms with Gasteiger partial charge in [-0.15, -0.1) is 12.4 Å². The van der Waals surface area contributed by atoms with Crippen LogP contribution in [0.4, 0.5) is 0 Å². The van der Waals surface area contributed by atoms with Crippen molar-refractivity contribution in [3.05, 3.63) is 42.0 Å². The Balaban J connectivity index is 0.00000192. The van der Waals surface area contributed by atoms with Crippen LogP contribution in [0.3, 0.4) is 0 Å². The zero-order valence-electron chi connectivity index (χ0n) is 13.4. The average molecular weight is 336 g/mol. The molecule has 1 aliphatic heterocycles. The van der Waals surface area contributed by atoms with E-state index in [0.29, 0.717) is 5.92 Å². The van der Waals surface area contributed by atoms with Crippen LogP contribution in [0.15, 0.2) is 30.9 Å². The van der Waals surface area contributed by atoms with Gasteiger partial charge in [0.1, 0.15) is 12.7 Å². The number of aryl methyl sites for hydroxylation is 1. The number of rotatable bonds is 4. The molecule has 1 amide bonds. The maximum Gasteiger partial charge on any atom is 0.254 e. The van der Waals surface area contributed by atoms with Gasteiger partial charge in [0.2, 0.25) is 0 Å². The number of amides is 1. The van der Waals surface area contributed by atoms with Crippen LogP contribution >= 0.6 is 12.4 Å². The fraction of sp³-hybridized carbons (Fsp3) is 0.438. The summed E-state index contributed by atoms with van der Waals surface area (Å²) >= 11 is 0. The van der Waals surface area contributed by atoms with E-state index < -0.39 is 0 Å².